The Morgan fingerprint density at radius 3 is 2.29 bits per heavy atom. The number of carbonyl (C=O) groups excluding carboxylic acids is 2. The maximum atomic E-state index is 10.4. The molecule has 0 spiro atoms. The maximum absolute atomic E-state index is 10.4. The van der Waals surface area contributed by atoms with Crippen molar-refractivity contribution in [3.05, 3.63) is 0 Å². The van der Waals surface area contributed by atoms with Crippen LogP contribution in [-0.2, 0) is 23.8 Å². The van der Waals surface area contributed by atoms with Gasteiger partial charge in [-0.05, 0) is 0 Å². The highest BCUT2D eigenvalue weighted by Gasteiger charge is 2.22. The molecule has 1 N–H and O–H groups in total. The van der Waals surface area contributed by atoms with E-state index in [2.05, 4.69) is 9.47 Å². The van der Waals surface area contributed by atoms with Crippen molar-refractivity contribution in [2.45, 2.75) is 18.5 Å². The fraction of sp³-hybridized carbons (Fsp3) is 0.750. The van der Waals surface area contributed by atoms with E-state index >= 15 is 0 Å². The highest BCUT2D eigenvalue weighted by atomic mass is 16.7. The molecule has 0 aliphatic rings. The Morgan fingerprint density at radius 1 is 1.29 bits per heavy atom. The van der Waals surface area contributed by atoms with Gasteiger partial charge in [-0.2, -0.15) is 0 Å². The van der Waals surface area contributed by atoms with Crippen LogP contribution in [0, 0.1) is 0 Å². The van der Waals surface area contributed by atoms with Gasteiger partial charge in [-0.15, -0.1) is 0 Å². The van der Waals surface area contributed by atoms with Gasteiger partial charge < -0.3 is 28.9 Å². The van der Waals surface area contributed by atoms with Crippen LogP contribution in [0.2, 0.25) is 0 Å². The third kappa shape index (κ3) is 4.43. The number of hydrogen-bond acceptors (Lipinski definition) is 6. The van der Waals surface area contributed by atoms with Crippen molar-refractivity contribution >= 4 is 12.6 Å². The van der Waals surface area contributed by atoms with Crippen molar-refractivity contribution in [1.29, 1.82) is 0 Å². The summed E-state index contributed by atoms with van der Waals surface area (Å²) in [4.78, 5) is 20.6. The lowest BCUT2D eigenvalue weighted by Gasteiger charge is -2.21. The summed E-state index contributed by atoms with van der Waals surface area (Å²) in [6.45, 7) is 0.0366. The molecular weight excluding hydrogens is 192 g/mol. The van der Waals surface area contributed by atoms with Crippen LogP contribution < -0.4 is 0 Å². The van der Waals surface area contributed by atoms with Crippen LogP contribution in [0.15, 0.2) is 0 Å². The van der Waals surface area contributed by atoms with Crippen LogP contribution in [0.5, 0.6) is 0 Å². The predicted octanol–water partition coefficient (Wildman–Crippen LogP) is -1.25. The summed E-state index contributed by atoms with van der Waals surface area (Å²) in [6.07, 6.45) is -2.66. The van der Waals surface area contributed by atoms with Crippen molar-refractivity contribution in [3.8, 4) is 0 Å². The number of carbonyl (C=O) groups is 2. The molecule has 0 amide bonds. The highest BCUT2D eigenvalue weighted by Crippen LogP contribution is 2.02. The Kier molecular flexibility index (Phi) is 7.13. The lowest BCUT2D eigenvalue weighted by molar-refractivity contribution is -0.202. The first-order valence-corrected chi connectivity index (χ1v) is 3.95. The first-order valence-electron chi connectivity index (χ1n) is 3.95. The molecule has 0 heterocycles. The van der Waals surface area contributed by atoms with Crippen LogP contribution in [0.4, 0.5) is 0 Å². The first-order chi connectivity index (χ1) is 6.69. The van der Waals surface area contributed by atoms with Gasteiger partial charge in [-0.1, -0.05) is 0 Å². The average molecular weight is 206 g/mol. The summed E-state index contributed by atoms with van der Waals surface area (Å²) in [6, 6.07) is 0. The second kappa shape index (κ2) is 7.57. The molecule has 6 nitrogen and oxygen atoms in total. The zero-order valence-electron chi connectivity index (χ0n) is 8.08. The third-order valence-corrected chi connectivity index (χ3v) is 1.44. The molecule has 6 heteroatoms. The topological polar surface area (TPSA) is 82.1 Å². The Labute approximate surface area is 81.8 Å². The van der Waals surface area contributed by atoms with Crippen molar-refractivity contribution < 1.29 is 28.9 Å². The van der Waals surface area contributed by atoms with E-state index < -0.39 is 18.5 Å². The minimum atomic E-state index is -1.42. The zero-order valence-corrected chi connectivity index (χ0v) is 8.08. The number of aliphatic hydroxyl groups is 1. The van der Waals surface area contributed by atoms with E-state index in [0.717, 1.165) is 0 Å². The number of aldehydes is 2. The van der Waals surface area contributed by atoms with Gasteiger partial charge >= 0.3 is 0 Å². The zero-order chi connectivity index (χ0) is 11.0. The van der Waals surface area contributed by atoms with Crippen LogP contribution >= 0.6 is 0 Å². The first kappa shape index (κ1) is 13.2. The van der Waals surface area contributed by atoms with Gasteiger partial charge in [-0.25, -0.2) is 0 Å². The van der Waals surface area contributed by atoms with Gasteiger partial charge in [0.25, 0.3) is 0 Å². The SMILES string of the molecule is COCC(C=O)O[C@H](OC)[C@@H](O)C=O. The fourth-order valence-electron chi connectivity index (χ4n) is 0.787. The smallest absolute Gasteiger partial charge is 0.190 e. The molecule has 82 valence electrons. The molecule has 0 rings (SSSR count). The molecule has 0 radical (unpaired) electrons. The number of rotatable bonds is 8. The molecule has 0 aromatic carbocycles. The molecule has 14 heavy (non-hydrogen) atoms. The molecular formula is C8H14O6. The van der Waals surface area contributed by atoms with Crippen LogP contribution in [0.1, 0.15) is 0 Å². The van der Waals surface area contributed by atoms with E-state index in [9.17, 15) is 9.59 Å². The van der Waals surface area contributed by atoms with E-state index in [1.165, 1.54) is 14.2 Å². The van der Waals surface area contributed by atoms with E-state index in [-0.39, 0.29) is 12.9 Å². The second-order valence-corrected chi connectivity index (χ2v) is 2.50. The largest absolute Gasteiger partial charge is 0.382 e. The molecule has 0 aliphatic carbocycles. The van der Waals surface area contributed by atoms with E-state index in [1.807, 2.05) is 0 Å². The molecule has 0 aromatic rings. The number of hydrogen-bond donors (Lipinski definition) is 1. The normalized spacial score (nSPS) is 17.1. The van der Waals surface area contributed by atoms with E-state index in [4.69, 9.17) is 9.84 Å². The van der Waals surface area contributed by atoms with Crippen molar-refractivity contribution in [2.24, 2.45) is 0 Å². The van der Waals surface area contributed by atoms with Crippen molar-refractivity contribution in [2.75, 3.05) is 20.8 Å². The molecule has 0 aromatic heterocycles. The number of methoxy groups -OCH3 is 2. The van der Waals surface area contributed by atoms with E-state index in [1.54, 1.807) is 0 Å². The molecule has 3 atom stereocenters. The molecule has 0 fully saturated rings. The summed E-state index contributed by atoms with van der Waals surface area (Å²) in [7, 11) is 2.66. The molecule has 1 unspecified atom stereocenters. The summed E-state index contributed by atoms with van der Waals surface area (Å²) in [5, 5.41) is 9.06. The molecule has 0 saturated heterocycles. The molecule has 0 bridgehead atoms. The lowest BCUT2D eigenvalue weighted by atomic mass is 10.3. The Bertz CT molecular complexity index is 171. The van der Waals surface area contributed by atoms with Gasteiger partial charge in [0, 0.05) is 14.2 Å². The Hall–Kier alpha value is -0.820. The minimum Gasteiger partial charge on any atom is -0.382 e. The van der Waals surface area contributed by atoms with Crippen LogP contribution in [-0.4, -0.2) is 57.0 Å². The quantitative estimate of drug-likeness (QED) is 0.394. The summed E-state index contributed by atoms with van der Waals surface area (Å²) >= 11 is 0. The van der Waals surface area contributed by atoms with Gasteiger partial charge in [0.1, 0.15) is 6.10 Å². The second-order valence-electron chi connectivity index (χ2n) is 2.50. The molecule has 0 aliphatic heterocycles. The van der Waals surface area contributed by atoms with Gasteiger partial charge in [0.15, 0.2) is 25.0 Å². The van der Waals surface area contributed by atoms with Crippen LogP contribution in [0.3, 0.4) is 0 Å². The average Bonchev–Trinajstić information content (AvgIpc) is 2.23. The molecule has 0 saturated carbocycles. The fourth-order valence-corrected chi connectivity index (χ4v) is 0.787. The standard InChI is InChI=1S/C8H14O6/c1-12-5-6(3-9)14-8(13-2)7(11)4-10/h3-4,6-8,11H,5H2,1-2H3/t6?,7-,8-/m0/s1. The Balaban J connectivity index is 4.12. The van der Waals surface area contributed by atoms with Gasteiger partial charge in [-0.3, -0.25) is 0 Å². The minimum absolute atomic E-state index is 0.0366. The summed E-state index contributed by atoms with van der Waals surface area (Å²) in [5.74, 6) is 0. The third-order valence-electron chi connectivity index (χ3n) is 1.44. The Morgan fingerprint density at radius 2 is 1.93 bits per heavy atom. The lowest BCUT2D eigenvalue weighted by Crippen LogP contribution is -2.37. The predicted molar refractivity (Wildman–Crippen MR) is 45.7 cm³/mol. The number of ether oxygens (including phenoxy) is 3. The van der Waals surface area contributed by atoms with Gasteiger partial charge in [0.05, 0.1) is 6.61 Å². The van der Waals surface area contributed by atoms with Crippen LogP contribution in [0.25, 0.3) is 0 Å². The van der Waals surface area contributed by atoms with Crippen molar-refractivity contribution in [3.63, 3.8) is 0 Å². The van der Waals surface area contributed by atoms with E-state index in [0.29, 0.717) is 6.29 Å². The monoisotopic (exact) mass is 206 g/mol. The highest BCUT2D eigenvalue weighted by molar-refractivity contribution is 5.57. The maximum Gasteiger partial charge on any atom is 0.190 e. The summed E-state index contributed by atoms with van der Waals surface area (Å²) in [5.41, 5.74) is 0. The van der Waals surface area contributed by atoms with Gasteiger partial charge in [0.2, 0.25) is 0 Å². The van der Waals surface area contributed by atoms with Crippen molar-refractivity contribution in [1.82, 2.24) is 0 Å². The number of aliphatic hydroxyl groups excluding tert-OH is 1. The summed E-state index contributed by atoms with van der Waals surface area (Å²) < 4.78 is 14.3.